The second-order valence-corrected chi connectivity index (χ2v) is 10.9. The van der Waals surface area contributed by atoms with Crippen LogP contribution >= 0.6 is 23.8 Å². The van der Waals surface area contributed by atoms with Crippen molar-refractivity contribution in [2.75, 3.05) is 22.9 Å². The van der Waals surface area contributed by atoms with E-state index in [1.54, 1.807) is 12.3 Å². The largest absolute Gasteiger partial charge is 0.370 e. The lowest BCUT2D eigenvalue weighted by Crippen LogP contribution is -2.33. The lowest BCUT2D eigenvalue weighted by atomic mass is 9.98. The molecule has 0 spiro atoms. The molecule has 0 radical (unpaired) electrons. The van der Waals surface area contributed by atoms with Crippen LogP contribution in [0.1, 0.15) is 43.2 Å². The second-order valence-electron chi connectivity index (χ2n) is 10.1. The van der Waals surface area contributed by atoms with E-state index in [1.807, 2.05) is 47.2 Å². The molecule has 38 heavy (non-hydrogen) atoms. The summed E-state index contributed by atoms with van der Waals surface area (Å²) >= 11 is 12.8. The van der Waals surface area contributed by atoms with Gasteiger partial charge in [0.05, 0.1) is 22.4 Å². The van der Waals surface area contributed by atoms with E-state index >= 15 is 0 Å². The summed E-state index contributed by atoms with van der Waals surface area (Å²) in [5.74, 6) is 0.464. The Hall–Kier alpha value is -3.42. The quantitative estimate of drug-likeness (QED) is 0.271. The fraction of sp³-hybridized carbons (Fsp3) is 0.267. The Bertz CT molecular complexity index is 1450. The summed E-state index contributed by atoms with van der Waals surface area (Å²) in [7, 11) is 0. The zero-order chi connectivity index (χ0) is 26.2. The Morgan fingerprint density at radius 3 is 2.55 bits per heavy atom. The van der Waals surface area contributed by atoms with Crippen molar-refractivity contribution in [1.29, 1.82) is 0 Å². The lowest BCUT2D eigenvalue weighted by molar-refractivity contribution is 0.438. The minimum absolute atomic E-state index is 0.215. The molecule has 194 valence electrons. The number of rotatable bonds is 5. The van der Waals surface area contributed by atoms with Crippen molar-refractivity contribution < 1.29 is 4.39 Å². The Morgan fingerprint density at radius 2 is 1.82 bits per heavy atom. The van der Waals surface area contributed by atoms with Gasteiger partial charge in [0.1, 0.15) is 11.9 Å². The predicted molar refractivity (Wildman–Crippen MR) is 156 cm³/mol. The number of piperidine rings is 1. The number of anilines is 2. The maximum absolute atomic E-state index is 14.2. The molecule has 0 bridgehead atoms. The fourth-order valence-electron chi connectivity index (χ4n) is 5.58. The Morgan fingerprint density at radius 1 is 0.974 bits per heavy atom. The highest BCUT2D eigenvalue weighted by Crippen LogP contribution is 2.44. The number of nitrogens with zero attached hydrogens (tertiary/aromatic N) is 4. The number of hydrogen-bond donors (Lipinski definition) is 1. The molecular weight excluding hydrogens is 517 g/mol. The summed E-state index contributed by atoms with van der Waals surface area (Å²) in [5, 5.41) is 4.80. The monoisotopic (exact) mass is 545 g/mol. The van der Waals surface area contributed by atoms with Crippen LogP contribution in [-0.2, 0) is 0 Å². The molecule has 6 rings (SSSR count). The van der Waals surface area contributed by atoms with Crippen LogP contribution in [0.15, 0.2) is 85.2 Å². The third kappa shape index (κ3) is 4.65. The first-order chi connectivity index (χ1) is 18.5. The maximum atomic E-state index is 14.2. The fourth-order valence-corrected chi connectivity index (χ4v) is 6.22. The molecule has 8 heteroatoms. The standard InChI is InChI=1S/C30H29ClFN5S/c1-20-12-16-35(17-13-20)26-11-10-23(19-24(26)31)37-29(28(34-30(37)38)25-8-2-3-14-33-25)27-9-5-15-36(27)22-7-4-6-21(32)18-22/h2-11,14-15,18-20,28-29H,12-13,16-17H2,1H3,(H,34,38)/t28-,29-/m1/s1. The van der Waals surface area contributed by atoms with Crippen molar-refractivity contribution in [3.63, 3.8) is 0 Å². The summed E-state index contributed by atoms with van der Waals surface area (Å²) < 4.78 is 16.2. The molecule has 2 aliphatic rings. The van der Waals surface area contributed by atoms with Crippen LogP contribution in [0, 0.1) is 11.7 Å². The molecule has 0 aliphatic carbocycles. The first-order valence-corrected chi connectivity index (χ1v) is 13.8. The Kier molecular flexibility index (Phi) is 6.80. The highest BCUT2D eigenvalue weighted by Gasteiger charge is 2.42. The van der Waals surface area contributed by atoms with Gasteiger partial charge in [-0.25, -0.2) is 4.39 Å². The van der Waals surface area contributed by atoms with E-state index in [4.69, 9.17) is 23.8 Å². The molecular formula is C30H29ClFN5S. The van der Waals surface area contributed by atoms with Gasteiger partial charge < -0.3 is 19.7 Å². The molecule has 5 nitrogen and oxygen atoms in total. The van der Waals surface area contributed by atoms with Crippen molar-refractivity contribution in [1.82, 2.24) is 14.9 Å². The van der Waals surface area contributed by atoms with Crippen LogP contribution in [0.2, 0.25) is 5.02 Å². The van der Waals surface area contributed by atoms with Crippen LogP contribution < -0.4 is 15.1 Å². The smallest absolute Gasteiger partial charge is 0.174 e. The molecule has 0 saturated carbocycles. The summed E-state index contributed by atoms with van der Waals surface area (Å²) in [6, 6.07) is 22.3. The zero-order valence-electron chi connectivity index (χ0n) is 21.1. The first-order valence-electron chi connectivity index (χ1n) is 13.0. The first kappa shape index (κ1) is 24.9. The minimum atomic E-state index is -0.283. The second kappa shape index (κ2) is 10.4. The normalized spacial score (nSPS) is 20.1. The van der Waals surface area contributed by atoms with Gasteiger partial charge in [0.2, 0.25) is 0 Å². The number of aromatic nitrogens is 2. The molecule has 4 heterocycles. The van der Waals surface area contributed by atoms with Gasteiger partial charge in [0.25, 0.3) is 0 Å². The SMILES string of the molecule is CC1CCN(c2ccc(N3C(=S)N[C@H](c4ccccn4)[C@H]3c3cccn3-c3cccc(F)c3)cc2Cl)CC1. The van der Waals surface area contributed by atoms with Crippen LogP contribution in [-0.4, -0.2) is 27.8 Å². The van der Waals surface area contributed by atoms with Crippen molar-refractivity contribution in [3.05, 3.63) is 107 Å². The lowest BCUT2D eigenvalue weighted by Gasteiger charge is -2.33. The van der Waals surface area contributed by atoms with Crippen LogP contribution in [0.25, 0.3) is 5.69 Å². The maximum Gasteiger partial charge on any atom is 0.174 e. The van der Waals surface area contributed by atoms with Crippen molar-refractivity contribution in [2.24, 2.45) is 5.92 Å². The topological polar surface area (TPSA) is 36.3 Å². The van der Waals surface area contributed by atoms with E-state index < -0.39 is 0 Å². The molecule has 2 atom stereocenters. The molecule has 0 unspecified atom stereocenters. The van der Waals surface area contributed by atoms with Crippen molar-refractivity contribution in [3.8, 4) is 5.69 Å². The minimum Gasteiger partial charge on any atom is -0.370 e. The number of pyridine rings is 1. The Labute approximate surface area is 232 Å². The highest BCUT2D eigenvalue weighted by molar-refractivity contribution is 7.80. The summed E-state index contributed by atoms with van der Waals surface area (Å²) in [6.45, 7) is 4.33. The van der Waals surface area contributed by atoms with E-state index in [0.717, 1.165) is 47.5 Å². The molecule has 2 aromatic carbocycles. The van der Waals surface area contributed by atoms with Gasteiger partial charge in [0.15, 0.2) is 5.11 Å². The third-order valence-electron chi connectivity index (χ3n) is 7.60. The van der Waals surface area contributed by atoms with Gasteiger partial charge in [-0.05, 0) is 91.6 Å². The average molecular weight is 546 g/mol. The van der Waals surface area contributed by atoms with Gasteiger partial charge in [0, 0.05) is 42.6 Å². The number of hydrogen-bond acceptors (Lipinski definition) is 3. The van der Waals surface area contributed by atoms with Crippen LogP contribution in [0.5, 0.6) is 0 Å². The van der Waals surface area contributed by atoms with E-state index in [1.165, 1.54) is 25.0 Å². The molecule has 2 saturated heterocycles. The number of halogens is 2. The predicted octanol–water partition coefficient (Wildman–Crippen LogP) is 7.08. The van der Waals surface area contributed by atoms with E-state index in [9.17, 15) is 4.39 Å². The van der Waals surface area contributed by atoms with Gasteiger partial charge >= 0.3 is 0 Å². The van der Waals surface area contributed by atoms with Crippen molar-refractivity contribution in [2.45, 2.75) is 31.8 Å². The van der Waals surface area contributed by atoms with Gasteiger partial charge in [-0.2, -0.15) is 0 Å². The average Bonchev–Trinajstić information content (AvgIpc) is 3.54. The highest BCUT2D eigenvalue weighted by atomic mass is 35.5. The van der Waals surface area contributed by atoms with Gasteiger partial charge in [-0.1, -0.05) is 30.7 Å². The van der Waals surface area contributed by atoms with Crippen LogP contribution in [0.4, 0.5) is 15.8 Å². The van der Waals surface area contributed by atoms with Crippen molar-refractivity contribution >= 4 is 40.3 Å². The van der Waals surface area contributed by atoms with E-state index in [-0.39, 0.29) is 17.9 Å². The van der Waals surface area contributed by atoms with Gasteiger partial charge in [-0.3, -0.25) is 4.98 Å². The van der Waals surface area contributed by atoms with Gasteiger partial charge in [-0.15, -0.1) is 0 Å². The summed E-state index contributed by atoms with van der Waals surface area (Å²) in [4.78, 5) is 9.12. The number of benzene rings is 2. The molecule has 1 N–H and O–H groups in total. The molecule has 4 aromatic rings. The van der Waals surface area contributed by atoms with E-state index in [0.29, 0.717) is 10.1 Å². The number of nitrogens with one attached hydrogen (secondary N) is 1. The third-order valence-corrected chi connectivity index (χ3v) is 8.22. The molecule has 0 amide bonds. The number of thiocarbonyl (C=S) groups is 1. The van der Waals surface area contributed by atoms with Crippen LogP contribution in [0.3, 0.4) is 0 Å². The van der Waals surface area contributed by atoms with E-state index in [2.05, 4.69) is 45.2 Å². The Balaban J connectivity index is 1.42. The summed E-state index contributed by atoms with van der Waals surface area (Å²) in [6.07, 6.45) is 6.08. The molecule has 2 aromatic heterocycles. The molecule has 2 aliphatic heterocycles. The molecule has 2 fully saturated rings. The summed E-state index contributed by atoms with van der Waals surface area (Å²) in [5.41, 5.74) is 4.54. The zero-order valence-corrected chi connectivity index (χ0v) is 22.7.